The van der Waals surface area contributed by atoms with Gasteiger partial charge in [0.1, 0.15) is 22.9 Å². The van der Waals surface area contributed by atoms with Crippen LogP contribution in [0.4, 0.5) is 14.5 Å². The van der Waals surface area contributed by atoms with E-state index in [-0.39, 0.29) is 29.9 Å². The van der Waals surface area contributed by atoms with Gasteiger partial charge in [0.15, 0.2) is 0 Å². The first kappa shape index (κ1) is 22.6. The monoisotopic (exact) mass is 452 g/mol. The lowest BCUT2D eigenvalue weighted by atomic mass is 9.91. The van der Waals surface area contributed by atoms with E-state index in [2.05, 4.69) is 10.4 Å². The van der Waals surface area contributed by atoms with E-state index in [0.29, 0.717) is 11.8 Å². The van der Waals surface area contributed by atoms with E-state index in [0.717, 1.165) is 16.5 Å². The largest absolute Gasteiger partial charge is 0.350 e. The molecule has 1 atom stereocenters. The van der Waals surface area contributed by atoms with Crippen molar-refractivity contribution < 1.29 is 18.4 Å². The Hall–Kier alpha value is -3.55. The summed E-state index contributed by atoms with van der Waals surface area (Å²) in [6.45, 7) is 7.72. The number of hydrogen-bond acceptors (Lipinski definition) is 3. The maximum Gasteiger partial charge on any atom is 0.277 e. The van der Waals surface area contributed by atoms with E-state index in [4.69, 9.17) is 0 Å². The van der Waals surface area contributed by atoms with Crippen LogP contribution >= 0.6 is 0 Å². The number of nitrogens with zero attached hydrogens (tertiary/aromatic N) is 3. The van der Waals surface area contributed by atoms with Gasteiger partial charge in [-0.25, -0.2) is 8.78 Å². The number of hydrogen-bond donors (Lipinski definition) is 1. The van der Waals surface area contributed by atoms with Gasteiger partial charge >= 0.3 is 0 Å². The predicted octanol–water partition coefficient (Wildman–Crippen LogP) is 4.19. The van der Waals surface area contributed by atoms with Crippen molar-refractivity contribution in [1.29, 1.82) is 0 Å². The normalized spacial score (nSPS) is 18.2. The first-order valence-electron chi connectivity index (χ1n) is 10.7. The van der Waals surface area contributed by atoms with Gasteiger partial charge in [0.2, 0.25) is 5.91 Å². The summed E-state index contributed by atoms with van der Waals surface area (Å²) < 4.78 is 30.0. The zero-order chi connectivity index (χ0) is 24.0. The molecule has 0 spiro atoms. The van der Waals surface area contributed by atoms with Crippen LogP contribution in [0.15, 0.2) is 54.6 Å². The number of anilines is 1. The molecule has 1 unspecified atom stereocenters. The molecule has 0 aliphatic carbocycles. The Morgan fingerprint density at radius 2 is 1.82 bits per heavy atom. The topological polar surface area (TPSA) is 67.2 Å². The lowest BCUT2D eigenvalue weighted by Crippen LogP contribution is -2.64. The molecule has 0 saturated heterocycles. The summed E-state index contributed by atoms with van der Waals surface area (Å²) in [4.78, 5) is 28.2. The lowest BCUT2D eigenvalue weighted by molar-refractivity contribution is -0.126. The molecule has 172 valence electrons. The minimum atomic E-state index is -1.50. The van der Waals surface area contributed by atoms with Gasteiger partial charge in [-0.1, -0.05) is 51.1 Å². The number of fused-ring (bicyclic) bond motifs is 1. The average Bonchev–Trinajstić information content (AvgIpc) is 3.19. The molecular formula is C25H26F2N4O2. The Morgan fingerprint density at radius 1 is 1.12 bits per heavy atom. The predicted molar refractivity (Wildman–Crippen MR) is 121 cm³/mol. The number of benzene rings is 2. The minimum Gasteiger partial charge on any atom is -0.350 e. The van der Waals surface area contributed by atoms with Crippen molar-refractivity contribution in [3.8, 4) is 0 Å². The lowest BCUT2D eigenvalue weighted by Gasteiger charge is -2.43. The molecule has 0 fully saturated rings. The van der Waals surface area contributed by atoms with Gasteiger partial charge in [-0.05, 0) is 30.7 Å². The summed E-state index contributed by atoms with van der Waals surface area (Å²) in [5.74, 6) is -2.74. The van der Waals surface area contributed by atoms with Crippen LogP contribution in [0.25, 0.3) is 0 Å². The Balaban J connectivity index is 1.78. The summed E-state index contributed by atoms with van der Waals surface area (Å²) in [6, 6.07) is 13.9. The Bertz CT molecular complexity index is 1220. The van der Waals surface area contributed by atoms with Crippen LogP contribution in [0.2, 0.25) is 0 Å². The molecule has 1 N–H and O–H groups in total. The van der Waals surface area contributed by atoms with Crippen molar-refractivity contribution in [3.05, 3.63) is 83.2 Å². The second-order valence-electron chi connectivity index (χ2n) is 9.50. The van der Waals surface area contributed by atoms with Crippen molar-refractivity contribution in [1.82, 2.24) is 15.1 Å². The number of amides is 2. The number of halogens is 2. The number of rotatable bonds is 4. The highest BCUT2D eigenvalue weighted by atomic mass is 19.1. The molecule has 2 heterocycles. The fourth-order valence-electron chi connectivity index (χ4n) is 3.96. The quantitative estimate of drug-likeness (QED) is 0.645. The Kier molecular flexibility index (Phi) is 5.56. The number of carbonyl (C=O) groups excluding carboxylic acids is 2. The fourth-order valence-corrected chi connectivity index (χ4v) is 3.96. The first-order valence-corrected chi connectivity index (χ1v) is 10.7. The molecule has 6 nitrogen and oxygen atoms in total. The standard InChI is InChI=1S/C25H26F2N4O2/c1-24(2,3)21-13-20-22(32)31(19-11-10-17(26)12-18(19)27)25(4,15-30(20)29-21)23(33)28-14-16-8-6-5-7-9-16/h5-13H,14-15H2,1-4H3,(H,28,33). The van der Waals surface area contributed by atoms with Crippen molar-refractivity contribution >= 4 is 17.5 Å². The van der Waals surface area contributed by atoms with E-state index in [1.165, 1.54) is 10.7 Å². The summed E-state index contributed by atoms with van der Waals surface area (Å²) in [6.07, 6.45) is 0. The second kappa shape index (κ2) is 8.10. The summed E-state index contributed by atoms with van der Waals surface area (Å²) >= 11 is 0. The van der Waals surface area contributed by atoms with Crippen molar-refractivity contribution in [3.63, 3.8) is 0 Å². The van der Waals surface area contributed by atoms with Crippen LogP contribution in [0.1, 0.15) is 49.4 Å². The van der Waals surface area contributed by atoms with Crippen molar-refractivity contribution in [2.45, 2.75) is 51.7 Å². The summed E-state index contributed by atoms with van der Waals surface area (Å²) in [5.41, 5.74) is -0.188. The maximum absolute atomic E-state index is 14.8. The van der Waals surface area contributed by atoms with E-state index in [1.54, 1.807) is 13.0 Å². The van der Waals surface area contributed by atoms with Crippen LogP contribution in [0, 0.1) is 11.6 Å². The molecule has 1 aliphatic heterocycles. The van der Waals surface area contributed by atoms with Crippen LogP contribution in [0.5, 0.6) is 0 Å². The van der Waals surface area contributed by atoms with E-state index in [9.17, 15) is 18.4 Å². The third-order valence-electron chi connectivity index (χ3n) is 5.86. The molecule has 33 heavy (non-hydrogen) atoms. The molecule has 0 radical (unpaired) electrons. The van der Waals surface area contributed by atoms with Crippen LogP contribution in [-0.4, -0.2) is 27.1 Å². The zero-order valence-electron chi connectivity index (χ0n) is 19.0. The SMILES string of the molecule is CC(C)(C)c1cc2n(n1)CC(C)(C(=O)NCc1ccccc1)N(c1ccc(F)cc1F)C2=O. The fraction of sp³-hybridized carbons (Fsp3) is 0.320. The second-order valence-corrected chi connectivity index (χ2v) is 9.50. The van der Waals surface area contributed by atoms with Gasteiger partial charge < -0.3 is 5.32 Å². The van der Waals surface area contributed by atoms with Gasteiger partial charge in [0.05, 0.1) is 17.9 Å². The molecule has 0 bridgehead atoms. The Morgan fingerprint density at radius 3 is 2.45 bits per heavy atom. The maximum atomic E-state index is 14.8. The molecule has 0 saturated carbocycles. The van der Waals surface area contributed by atoms with E-state index in [1.807, 2.05) is 51.1 Å². The molecule has 8 heteroatoms. The van der Waals surface area contributed by atoms with E-state index < -0.39 is 29.0 Å². The highest BCUT2D eigenvalue weighted by Gasteiger charge is 2.49. The third kappa shape index (κ3) is 4.13. The van der Waals surface area contributed by atoms with Crippen LogP contribution < -0.4 is 10.2 Å². The van der Waals surface area contributed by atoms with Crippen molar-refractivity contribution in [2.24, 2.45) is 0 Å². The van der Waals surface area contributed by atoms with Gasteiger partial charge in [0, 0.05) is 18.0 Å². The minimum absolute atomic E-state index is 0.0155. The smallest absolute Gasteiger partial charge is 0.277 e. The van der Waals surface area contributed by atoms with Crippen LogP contribution in [-0.2, 0) is 23.3 Å². The van der Waals surface area contributed by atoms with Crippen molar-refractivity contribution in [2.75, 3.05) is 4.90 Å². The molecule has 1 aliphatic rings. The first-order chi connectivity index (χ1) is 15.5. The van der Waals surface area contributed by atoms with E-state index >= 15 is 0 Å². The van der Waals surface area contributed by atoms with Gasteiger partial charge in [-0.15, -0.1) is 0 Å². The van der Waals surface area contributed by atoms with Gasteiger partial charge in [-0.3, -0.25) is 19.2 Å². The highest BCUT2D eigenvalue weighted by molar-refractivity contribution is 6.11. The van der Waals surface area contributed by atoms with Gasteiger partial charge in [0.25, 0.3) is 5.91 Å². The number of nitrogens with one attached hydrogen (secondary N) is 1. The van der Waals surface area contributed by atoms with Gasteiger partial charge in [-0.2, -0.15) is 5.10 Å². The Labute approximate surface area is 191 Å². The summed E-state index contributed by atoms with van der Waals surface area (Å²) in [5, 5.41) is 7.43. The molecule has 1 aromatic heterocycles. The molecule has 2 amide bonds. The molecular weight excluding hydrogens is 426 g/mol. The number of carbonyl (C=O) groups is 2. The molecule has 3 aromatic rings. The molecule has 2 aromatic carbocycles. The van der Waals surface area contributed by atoms with Crippen LogP contribution in [0.3, 0.4) is 0 Å². The summed E-state index contributed by atoms with van der Waals surface area (Å²) in [7, 11) is 0. The highest BCUT2D eigenvalue weighted by Crippen LogP contribution is 2.35. The molecule has 4 rings (SSSR count). The number of aromatic nitrogens is 2. The third-order valence-corrected chi connectivity index (χ3v) is 5.86. The average molecular weight is 453 g/mol. The zero-order valence-corrected chi connectivity index (χ0v) is 19.0.